The van der Waals surface area contributed by atoms with Gasteiger partial charge in [0, 0.05) is 5.69 Å². The predicted molar refractivity (Wildman–Crippen MR) is 72.8 cm³/mol. The third-order valence-corrected chi connectivity index (χ3v) is 2.91. The zero-order chi connectivity index (χ0) is 13.9. The molecule has 0 bridgehead atoms. The molecule has 0 fully saturated rings. The van der Waals surface area contributed by atoms with Crippen LogP contribution in [0.3, 0.4) is 0 Å². The molecule has 0 saturated carbocycles. The average molecular weight is 268 g/mol. The van der Waals surface area contributed by atoms with Crippen molar-refractivity contribution in [2.24, 2.45) is 0 Å². The van der Waals surface area contributed by atoms with Crippen molar-refractivity contribution in [2.45, 2.75) is 6.92 Å². The van der Waals surface area contributed by atoms with E-state index in [1.165, 1.54) is 12.6 Å². The number of carbonyl (C=O) groups is 1. The Bertz CT molecular complexity index is 714. The normalized spacial score (nSPS) is 10.4. The molecule has 100 valence electrons. The number of furan rings is 1. The number of nitrogens with one attached hydrogen (secondary N) is 1. The molecule has 1 amide bonds. The fourth-order valence-electron chi connectivity index (χ4n) is 1.86. The van der Waals surface area contributed by atoms with Gasteiger partial charge in [0.2, 0.25) is 0 Å². The van der Waals surface area contributed by atoms with Crippen LogP contribution < -0.4 is 5.32 Å². The fourth-order valence-corrected chi connectivity index (χ4v) is 1.86. The van der Waals surface area contributed by atoms with Crippen LogP contribution in [0.5, 0.6) is 0 Å². The zero-order valence-corrected chi connectivity index (χ0v) is 10.8. The molecule has 3 rings (SSSR count). The Labute approximate surface area is 115 Å². The quantitative estimate of drug-likeness (QED) is 0.791. The number of aromatic nitrogens is 3. The number of benzene rings is 1. The van der Waals surface area contributed by atoms with Crippen LogP contribution in [0.4, 0.5) is 5.69 Å². The minimum absolute atomic E-state index is 0.190. The van der Waals surface area contributed by atoms with Crippen molar-refractivity contribution < 1.29 is 9.21 Å². The smallest absolute Gasteiger partial charge is 0.259 e. The van der Waals surface area contributed by atoms with Gasteiger partial charge in [0.05, 0.1) is 17.5 Å². The molecule has 0 saturated heterocycles. The van der Waals surface area contributed by atoms with Crippen LogP contribution >= 0.6 is 0 Å². The lowest BCUT2D eigenvalue weighted by Crippen LogP contribution is -2.12. The van der Waals surface area contributed by atoms with Gasteiger partial charge in [-0.3, -0.25) is 4.79 Å². The predicted octanol–water partition coefficient (Wildman–Crippen LogP) is 2.42. The standard InChI is InChI=1S/C14H12N4O2/c1-10-13(6-7-20-10)14(19)17-11-2-4-12(5-3-11)18-9-15-8-16-18/h2-9H,1H3,(H,17,19). The van der Waals surface area contributed by atoms with Crippen LogP contribution in [0, 0.1) is 6.92 Å². The lowest BCUT2D eigenvalue weighted by molar-refractivity contribution is 0.102. The second-order valence-corrected chi connectivity index (χ2v) is 4.23. The molecule has 0 aliphatic rings. The maximum atomic E-state index is 12.0. The molecule has 0 aliphatic carbocycles. The number of hydrogen-bond acceptors (Lipinski definition) is 4. The molecule has 2 aromatic heterocycles. The Kier molecular flexibility index (Phi) is 3.04. The van der Waals surface area contributed by atoms with Crippen LogP contribution in [0.1, 0.15) is 16.1 Å². The second-order valence-electron chi connectivity index (χ2n) is 4.23. The van der Waals surface area contributed by atoms with E-state index in [-0.39, 0.29) is 5.91 Å². The zero-order valence-electron chi connectivity index (χ0n) is 10.8. The van der Waals surface area contributed by atoms with E-state index in [2.05, 4.69) is 15.4 Å². The number of nitrogens with zero attached hydrogens (tertiary/aromatic N) is 3. The molecule has 0 spiro atoms. The molecule has 0 atom stereocenters. The number of anilines is 1. The molecule has 6 nitrogen and oxygen atoms in total. The molecule has 3 aromatic rings. The van der Waals surface area contributed by atoms with E-state index < -0.39 is 0 Å². The van der Waals surface area contributed by atoms with Gasteiger partial charge in [-0.15, -0.1) is 0 Å². The summed E-state index contributed by atoms with van der Waals surface area (Å²) in [5.41, 5.74) is 2.12. The Morgan fingerprint density at radius 1 is 1.25 bits per heavy atom. The van der Waals surface area contributed by atoms with Crippen molar-refractivity contribution in [3.63, 3.8) is 0 Å². The SMILES string of the molecule is Cc1occc1C(=O)Nc1ccc(-n2cncn2)cc1. The van der Waals surface area contributed by atoms with E-state index in [0.29, 0.717) is 17.0 Å². The van der Waals surface area contributed by atoms with Crippen molar-refractivity contribution in [3.8, 4) is 5.69 Å². The van der Waals surface area contributed by atoms with E-state index in [1.54, 1.807) is 24.0 Å². The van der Waals surface area contributed by atoms with Gasteiger partial charge in [0.25, 0.3) is 5.91 Å². The topological polar surface area (TPSA) is 73.0 Å². The second kappa shape index (κ2) is 5.00. The highest BCUT2D eigenvalue weighted by Gasteiger charge is 2.11. The summed E-state index contributed by atoms with van der Waals surface area (Å²) in [6.07, 6.45) is 4.58. The first-order valence-corrected chi connectivity index (χ1v) is 6.04. The fraction of sp³-hybridized carbons (Fsp3) is 0.0714. The van der Waals surface area contributed by atoms with E-state index in [0.717, 1.165) is 5.69 Å². The van der Waals surface area contributed by atoms with E-state index in [9.17, 15) is 4.79 Å². The highest BCUT2D eigenvalue weighted by atomic mass is 16.3. The van der Waals surface area contributed by atoms with Gasteiger partial charge in [0.1, 0.15) is 18.4 Å². The van der Waals surface area contributed by atoms with Crippen LogP contribution in [0.15, 0.2) is 53.7 Å². The van der Waals surface area contributed by atoms with Crippen molar-refractivity contribution in [1.82, 2.24) is 14.8 Å². The molecule has 20 heavy (non-hydrogen) atoms. The first-order valence-electron chi connectivity index (χ1n) is 6.04. The number of aryl methyl sites for hydroxylation is 1. The summed E-state index contributed by atoms with van der Waals surface area (Å²) >= 11 is 0. The summed E-state index contributed by atoms with van der Waals surface area (Å²) in [5, 5.41) is 6.85. The first-order chi connectivity index (χ1) is 9.74. The van der Waals surface area contributed by atoms with E-state index in [4.69, 9.17) is 4.42 Å². The molecule has 6 heteroatoms. The molecule has 0 aliphatic heterocycles. The molecule has 2 heterocycles. The van der Waals surface area contributed by atoms with Gasteiger partial charge in [-0.05, 0) is 37.3 Å². The Balaban J connectivity index is 1.76. The van der Waals surface area contributed by atoms with Gasteiger partial charge in [0.15, 0.2) is 0 Å². The van der Waals surface area contributed by atoms with Gasteiger partial charge < -0.3 is 9.73 Å². The summed E-state index contributed by atoms with van der Waals surface area (Å²) in [7, 11) is 0. The average Bonchev–Trinajstić information content (AvgIpc) is 3.10. The van der Waals surface area contributed by atoms with Crippen molar-refractivity contribution >= 4 is 11.6 Å². The van der Waals surface area contributed by atoms with E-state index in [1.807, 2.05) is 24.3 Å². The number of carbonyl (C=O) groups excluding carboxylic acids is 1. The molecule has 0 radical (unpaired) electrons. The van der Waals surface area contributed by atoms with Crippen molar-refractivity contribution in [2.75, 3.05) is 5.32 Å². The highest BCUT2D eigenvalue weighted by Crippen LogP contribution is 2.15. The van der Waals surface area contributed by atoms with Crippen molar-refractivity contribution in [1.29, 1.82) is 0 Å². The maximum absolute atomic E-state index is 12.0. The van der Waals surface area contributed by atoms with Crippen molar-refractivity contribution in [3.05, 3.63) is 60.6 Å². The Morgan fingerprint density at radius 3 is 2.65 bits per heavy atom. The lowest BCUT2D eigenvalue weighted by Gasteiger charge is -2.06. The summed E-state index contributed by atoms with van der Waals surface area (Å²) in [4.78, 5) is 15.9. The number of amides is 1. The minimum atomic E-state index is -0.190. The third kappa shape index (κ3) is 2.31. The van der Waals surface area contributed by atoms with Gasteiger partial charge in [-0.2, -0.15) is 5.10 Å². The number of rotatable bonds is 3. The van der Waals surface area contributed by atoms with Crippen LogP contribution in [0.2, 0.25) is 0 Å². The Hall–Kier alpha value is -2.89. The number of hydrogen-bond donors (Lipinski definition) is 1. The summed E-state index contributed by atoms with van der Waals surface area (Å²) in [6, 6.07) is 8.97. The van der Waals surface area contributed by atoms with Gasteiger partial charge in [-0.25, -0.2) is 9.67 Å². The largest absolute Gasteiger partial charge is 0.469 e. The highest BCUT2D eigenvalue weighted by molar-refractivity contribution is 6.04. The Morgan fingerprint density at radius 2 is 2.05 bits per heavy atom. The summed E-state index contributed by atoms with van der Waals surface area (Å²) < 4.78 is 6.76. The molecular formula is C14H12N4O2. The molecule has 0 unspecified atom stereocenters. The first kappa shape index (κ1) is 12.2. The molecule has 1 N–H and O–H groups in total. The third-order valence-electron chi connectivity index (χ3n) is 2.91. The molecule has 1 aromatic carbocycles. The maximum Gasteiger partial charge on any atom is 0.259 e. The van der Waals surface area contributed by atoms with Crippen LogP contribution in [-0.4, -0.2) is 20.7 Å². The van der Waals surface area contributed by atoms with Gasteiger partial charge >= 0.3 is 0 Å². The minimum Gasteiger partial charge on any atom is -0.469 e. The monoisotopic (exact) mass is 268 g/mol. The lowest BCUT2D eigenvalue weighted by atomic mass is 10.2. The van der Waals surface area contributed by atoms with E-state index >= 15 is 0 Å². The molecular weight excluding hydrogens is 256 g/mol. The summed E-state index contributed by atoms with van der Waals surface area (Å²) in [5.74, 6) is 0.409. The van der Waals surface area contributed by atoms with Crippen LogP contribution in [0.25, 0.3) is 5.69 Å². The van der Waals surface area contributed by atoms with Gasteiger partial charge in [-0.1, -0.05) is 0 Å². The summed E-state index contributed by atoms with van der Waals surface area (Å²) in [6.45, 7) is 1.75. The van der Waals surface area contributed by atoms with Crippen LogP contribution in [-0.2, 0) is 0 Å².